The normalized spacial score (nSPS) is 20.4. The molecule has 0 saturated carbocycles. The van der Waals surface area contributed by atoms with Gasteiger partial charge in [0.2, 0.25) is 5.91 Å². The molecule has 1 fully saturated rings. The quantitative estimate of drug-likeness (QED) is 0.856. The van der Waals surface area contributed by atoms with Crippen molar-refractivity contribution in [3.05, 3.63) is 42.2 Å². The number of piperidine rings is 1. The molecule has 3 rings (SSSR count). The number of carbonyl (C=O) groups excluding carboxylic acids is 1. The van der Waals surface area contributed by atoms with Gasteiger partial charge in [-0.3, -0.25) is 4.79 Å². The van der Waals surface area contributed by atoms with E-state index in [-0.39, 0.29) is 24.9 Å². The van der Waals surface area contributed by atoms with Gasteiger partial charge in [-0.25, -0.2) is 4.68 Å². The van der Waals surface area contributed by atoms with Gasteiger partial charge in [-0.2, -0.15) is 0 Å². The molecule has 0 spiro atoms. The number of para-hydroxylation sites is 1. The predicted molar refractivity (Wildman–Crippen MR) is 96.7 cm³/mol. The number of hydrogen-bond donors (Lipinski definition) is 1. The van der Waals surface area contributed by atoms with Gasteiger partial charge in [0, 0.05) is 12.6 Å². The molecule has 1 amide bonds. The van der Waals surface area contributed by atoms with Crippen molar-refractivity contribution in [2.24, 2.45) is 0 Å². The van der Waals surface area contributed by atoms with Crippen LogP contribution in [-0.2, 0) is 10.4 Å². The molecule has 2 heterocycles. The fourth-order valence-electron chi connectivity index (χ4n) is 3.13. The van der Waals surface area contributed by atoms with E-state index in [1.165, 1.54) is 0 Å². The smallest absolute Gasteiger partial charge is 0.226 e. The van der Waals surface area contributed by atoms with Crippen molar-refractivity contribution in [1.29, 1.82) is 0 Å². The maximum Gasteiger partial charge on any atom is 0.226 e. The minimum absolute atomic E-state index is 0.0182. The third-order valence-corrected chi connectivity index (χ3v) is 4.67. The van der Waals surface area contributed by atoms with Crippen LogP contribution in [0.25, 0.3) is 0 Å². The second-order valence-corrected chi connectivity index (χ2v) is 7.04. The van der Waals surface area contributed by atoms with Gasteiger partial charge >= 0.3 is 0 Å². The second-order valence-electron chi connectivity index (χ2n) is 7.04. The van der Waals surface area contributed by atoms with Crippen LogP contribution in [0.3, 0.4) is 0 Å². The maximum absolute atomic E-state index is 12.5. The van der Waals surface area contributed by atoms with Crippen LogP contribution in [-0.4, -0.2) is 50.6 Å². The SMILES string of the molecule is CC(C)n1cc(C2(O)CCCN(C(=O)CCOc3ccccc3)C2)nn1. The number of nitrogens with zero attached hydrogens (tertiary/aromatic N) is 4. The van der Waals surface area contributed by atoms with E-state index in [1.54, 1.807) is 15.8 Å². The Morgan fingerprint density at radius 3 is 2.81 bits per heavy atom. The van der Waals surface area contributed by atoms with Gasteiger partial charge < -0.3 is 14.7 Å². The fraction of sp³-hybridized carbons (Fsp3) is 0.526. The highest BCUT2D eigenvalue weighted by Crippen LogP contribution is 2.30. The number of amides is 1. The van der Waals surface area contributed by atoms with Gasteiger partial charge in [-0.15, -0.1) is 5.10 Å². The summed E-state index contributed by atoms with van der Waals surface area (Å²) in [4.78, 5) is 14.2. The van der Waals surface area contributed by atoms with Gasteiger partial charge in [-0.05, 0) is 38.8 Å². The molecule has 1 aromatic heterocycles. The lowest BCUT2D eigenvalue weighted by Gasteiger charge is -2.38. The molecule has 1 N–H and O–H groups in total. The Bertz CT molecular complexity index is 731. The average Bonchev–Trinajstić information content (AvgIpc) is 3.14. The topological polar surface area (TPSA) is 80.5 Å². The number of benzene rings is 1. The number of aliphatic hydroxyl groups is 1. The molecule has 1 atom stereocenters. The highest BCUT2D eigenvalue weighted by molar-refractivity contribution is 5.76. The number of hydrogen-bond acceptors (Lipinski definition) is 5. The predicted octanol–water partition coefficient (Wildman–Crippen LogP) is 2.14. The fourth-order valence-corrected chi connectivity index (χ4v) is 3.13. The number of aromatic nitrogens is 3. The van der Waals surface area contributed by atoms with E-state index in [4.69, 9.17) is 4.74 Å². The lowest BCUT2D eigenvalue weighted by Crippen LogP contribution is -2.49. The van der Waals surface area contributed by atoms with Gasteiger partial charge in [0.25, 0.3) is 0 Å². The highest BCUT2D eigenvalue weighted by atomic mass is 16.5. The van der Waals surface area contributed by atoms with Crippen molar-refractivity contribution < 1.29 is 14.6 Å². The number of β-amino-alcohol motifs (C(OH)–C–C–N with tert-alkyl or cyclic N) is 1. The molecule has 1 aliphatic heterocycles. The van der Waals surface area contributed by atoms with Crippen molar-refractivity contribution in [2.45, 2.75) is 44.8 Å². The summed E-state index contributed by atoms with van der Waals surface area (Å²) in [6, 6.07) is 9.61. The van der Waals surface area contributed by atoms with E-state index in [0.29, 0.717) is 25.3 Å². The van der Waals surface area contributed by atoms with E-state index in [0.717, 1.165) is 12.2 Å². The summed E-state index contributed by atoms with van der Waals surface area (Å²) in [6.45, 7) is 5.22. The van der Waals surface area contributed by atoms with Crippen LogP contribution in [0.15, 0.2) is 36.5 Å². The van der Waals surface area contributed by atoms with Crippen LogP contribution in [0, 0.1) is 0 Å². The molecule has 2 aromatic rings. The molecule has 1 aliphatic rings. The molecule has 1 saturated heterocycles. The molecule has 7 nitrogen and oxygen atoms in total. The van der Waals surface area contributed by atoms with Crippen LogP contribution < -0.4 is 4.74 Å². The minimum atomic E-state index is -1.14. The lowest BCUT2D eigenvalue weighted by molar-refractivity contribution is -0.139. The summed E-state index contributed by atoms with van der Waals surface area (Å²) in [5.74, 6) is 0.732. The molecule has 7 heteroatoms. The van der Waals surface area contributed by atoms with Crippen molar-refractivity contribution in [3.63, 3.8) is 0 Å². The molecule has 0 bridgehead atoms. The summed E-state index contributed by atoms with van der Waals surface area (Å²) in [5, 5.41) is 19.2. The van der Waals surface area contributed by atoms with E-state index in [2.05, 4.69) is 10.3 Å². The van der Waals surface area contributed by atoms with Crippen LogP contribution in [0.2, 0.25) is 0 Å². The number of likely N-dealkylation sites (tertiary alicyclic amines) is 1. The first-order valence-corrected chi connectivity index (χ1v) is 9.08. The first-order chi connectivity index (χ1) is 12.5. The molecule has 0 radical (unpaired) electrons. The van der Waals surface area contributed by atoms with Gasteiger partial charge in [0.1, 0.15) is 17.0 Å². The Hall–Kier alpha value is -2.41. The average molecular weight is 358 g/mol. The van der Waals surface area contributed by atoms with E-state index >= 15 is 0 Å². The summed E-state index contributed by atoms with van der Waals surface area (Å²) in [7, 11) is 0. The molecule has 1 unspecified atom stereocenters. The Balaban J connectivity index is 1.57. The van der Waals surface area contributed by atoms with Crippen molar-refractivity contribution in [2.75, 3.05) is 19.7 Å². The van der Waals surface area contributed by atoms with Crippen molar-refractivity contribution >= 4 is 5.91 Å². The second kappa shape index (κ2) is 7.86. The minimum Gasteiger partial charge on any atom is -0.493 e. The third kappa shape index (κ3) is 4.22. The number of rotatable bonds is 6. The zero-order valence-electron chi connectivity index (χ0n) is 15.3. The van der Waals surface area contributed by atoms with Crippen LogP contribution >= 0.6 is 0 Å². The van der Waals surface area contributed by atoms with Crippen molar-refractivity contribution in [3.8, 4) is 5.75 Å². The van der Waals surface area contributed by atoms with E-state index < -0.39 is 5.60 Å². The zero-order valence-corrected chi connectivity index (χ0v) is 15.3. The largest absolute Gasteiger partial charge is 0.493 e. The first-order valence-electron chi connectivity index (χ1n) is 9.08. The summed E-state index contributed by atoms with van der Waals surface area (Å²) in [5.41, 5.74) is -0.606. The number of ether oxygens (including phenoxy) is 1. The molecule has 26 heavy (non-hydrogen) atoms. The van der Waals surface area contributed by atoms with Gasteiger partial charge in [-0.1, -0.05) is 23.4 Å². The third-order valence-electron chi connectivity index (χ3n) is 4.67. The molecular formula is C19H26N4O3. The summed E-state index contributed by atoms with van der Waals surface area (Å²) < 4.78 is 7.32. The van der Waals surface area contributed by atoms with Gasteiger partial charge in [0.05, 0.1) is 25.8 Å². The van der Waals surface area contributed by atoms with E-state index in [9.17, 15) is 9.90 Å². The highest BCUT2D eigenvalue weighted by Gasteiger charge is 2.39. The Morgan fingerprint density at radius 1 is 1.35 bits per heavy atom. The first kappa shape index (κ1) is 18.4. The lowest BCUT2D eigenvalue weighted by atomic mass is 9.90. The molecular weight excluding hydrogens is 332 g/mol. The summed E-state index contributed by atoms with van der Waals surface area (Å²) >= 11 is 0. The Labute approximate surface area is 153 Å². The van der Waals surface area contributed by atoms with Gasteiger partial charge in [0.15, 0.2) is 0 Å². The van der Waals surface area contributed by atoms with Crippen molar-refractivity contribution in [1.82, 2.24) is 19.9 Å². The van der Waals surface area contributed by atoms with Crippen LogP contribution in [0.1, 0.15) is 44.8 Å². The number of carbonyl (C=O) groups is 1. The standard InChI is InChI=1S/C19H26N4O3/c1-15(2)23-13-17(20-21-23)19(25)10-6-11-22(14-19)18(24)9-12-26-16-7-4-3-5-8-16/h3-5,7-8,13,15,25H,6,9-12,14H2,1-2H3. The maximum atomic E-state index is 12.5. The zero-order chi connectivity index (χ0) is 18.6. The molecule has 140 valence electrons. The monoisotopic (exact) mass is 358 g/mol. The Kier molecular flexibility index (Phi) is 5.56. The van der Waals surface area contributed by atoms with Crippen LogP contribution in [0.4, 0.5) is 0 Å². The Morgan fingerprint density at radius 2 is 2.12 bits per heavy atom. The molecule has 1 aromatic carbocycles. The molecule has 0 aliphatic carbocycles. The van der Waals surface area contributed by atoms with Crippen LogP contribution in [0.5, 0.6) is 5.75 Å². The summed E-state index contributed by atoms with van der Waals surface area (Å²) in [6.07, 6.45) is 3.37. The van der Waals surface area contributed by atoms with E-state index in [1.807, 2.05) is 44.2 Å².